The van der Waals surface area contributed by atoms with Crippen molar-refractivity contribution >= 4 is 15.7 Å². The summed E-state index contributed by atoms with van der Waals surface area (Å²) < 4.78 is 40.5. The van der Waals surface area contributed by atoms with E-state index in [0.29, 0.717) is 5.69 Å². The maximum absolute atomic E-state index is 13.3. The number of hydrogen-bond acceptors (Lipinski definition) is 3. The molecule has 5 nitrogen and oxygen atoms in total. The second-order valence-electron chi connectivity index (χ2n) is 5.53. The highest BCUT2D eigenvalue weighted by molar-refractivity contribution is 7.92. The van der Waals surface area contributed by atoms with Crippen molar-refractivity contribution in [1.82, 2.24) is 10.2 Å². The number of aryl methyl sites for hydroxylation is 2. The van der Waals surface area contributed by atoms with Gasteiger partial charge in [0.2, 0.25) is 0 Å². The first kappa shape index (κ1) is 16.2. The molecular formula is C17H16FN3O2S. The molecule has 0 atom stereocenters. The highest BCUT2D eigenvalue weighted by Crippen LogP contribution is 2.22. The Balaban J connectivity index is 1.83. The van der Waals surface area contributed by atoms with E-state index in [0.717, 1.165) is 23.0 Å². The molecule has 1 heterocycles. The van der Waals surface area contributed by atoms with Crippen molar-refractivity contribution in [2.24, 2.45) is 0 Å². The number of nitrogens with zero attached hydrogens (tertiary/aromatic N) is 1. The fourth-order valence-corrected chi connectivity index (χ4v) is 3.42. The molecule has 3 rings (SSSR count). The molecule has 0 bridgehead atoms. The quantitative estimate of drug-likeness (QED) is 0.758. The third-order valence-electron chi connectivity index (χ3n) is 3.58. The van der Waals surface area contributed by atoms with E-state index in [2.05, 4.69) is 14.9 Å². The highest BCUT2D eigenvalue weighted by atomic mass is 32.2. The molecule has 0 spiro atoms. The molecule has 2 aromatic carbocycles. The van der Waals surface area contributed by atoms with Gasteiger partial charge in [-0.3, -0.25) is 9.82 Å². The molecule has 1 aromatic heterocycles. The van der Waals surface area contributed by atoms with Crippen LogP contribution in [0.1, 0.15) is 11.3 Å². The number of rotatable bonds is 4. The standard InChI is InChI=1S/C17H16FN3O2S/c1-11-9-15(7-8-16(11)18)24(22,23)21-14-5-3-13(4-6-14)17-10-12(2)19-20-17/h3-10,21H,1-2H3,(H,19,20). The first-order valence-electron chi connectivity index (χ1n) is 7.26. The van der Waals surface area contributed by atoms with Crippen LogP contribution in [-0.4, -0.2) is 18.6 Å². The van der Waals surface area contributed by atoms with Crippen LogP contribution in [0.4, 0.5) is 10.1 Å². The molecule has 7 heteroatoms. The number of hydrogen-bond donors (Lipinski definition) is 2. The molecule has 0 aliphatic rings. The molecule has 0 unspecified atom stereocenters. The van der Waals surface area contributed by atoms with E-state index in [9.17, 15) is 12.8 Å². The van der Waals surface area contributed by atoms with E-state index in [4.69, 9.17) is 0 Å². The first-order valence-corrected chi connectivity index (χ1v) is 8.75. The van der Waals surface area contributed by atoms with Crippen LogP contribution in [0, 0.1) is 19.7 Å². The molecule has 0 amide bonds. The lowest BCUT2D eigenvalue weighted by Gasteiger charge is -2.09. The van der Waals surface area contributed by atoms with Crippen molar-refractivity contribution in [3.63, 3.8) is 0 Å². The average Bonchev–Trinajstić information content (AvgIpc) is 2.97. The van der Waals surface area contributed by atoms with Gasteiger partial charge in [-0.15, -0.1) is 0 Å². The molecule has 0 radical (unpaired) electrons. The van der Waals surface area contributed by atoms with Crippen molar-refractivity contribution < 1.29 is 12.8 Å². The molecule has 0 saturated heterocycles. The largest absolute Gasteiger partial charge is 0.282 e. The Bertz CT molecular complexity index is 979. The molecule has 0 fully saturated rings. The van der Waals surface area contributed by atoms with Gasteiger partial charge >= 0.3 is 0 Å². The summed E-state index contributed by atoms with van der Waals surface area (Å²) in [6, 6.07) is 12.5. The molecule has 0 aliphatic carbocycles. The van der Waals surface area contributed by atoms with Crippen LogP contribution in [0.25, 0.3) is 11.3 Å². The number of nitrogens with one attached hydrogen (secondary N) is 2. The summed E-state index contributed by atoms with van der Waals surface area (Å²) in [5.41, 5.74) is 3.31. The summed E-state index contributed by atoms with van der Waals surface area (Å²) in [7, 11) is -3.76. The van der Waals surface area contributed by atoms with Gasteiger partial charge in [0.05, 0.1) is 10.6 Å². The fraction of sp³-hybridized carbons (Fsp3) is 0.118. The summed E-state index contributed by atoms with van der Waals surface area (Å²) >= 11 is 0. The van der Waals surface area contributed by atoms with Crippen molar-refractivity contribution in [3.8, 4) is 11.3 Å². The van der Waals surface area contributed by atoms with E-state index < -0.39 is 15.8 Å². The zero-order chi connectivity index (χ0) is 17.3. The van der Waals surface area contributed by atoms with E-state index in [1.807, 2.05) is 13.0 Å². The van der Waals surface area contributed by atoms with Gasteiger partial charge in [-0.2, -0.15) is 5.10 Å². The SMILES string of the molecule is Cc1cc(-c2ccc(NS(=O)(=O)c3ccc(F)c(C)c3)cc2)n[nH]1. The number of H-pyrrole nitrogens is 1. The Kier molecular flexibility index (Phi) is 4.11. The molecule has 0 saturated carbocycles. The van der Waals surface area contributed by atoms with Crippen LogP contribution in [0.5, 0.6) is 0 Å². The maximum atomic E-state index is 13.3. The summed E-state index contributed by atoms with van der Waals surface area (Å²) in [4.78, 5) is 0.0217. The highest BCUT2D eigenvalue weighted by Gasteiger charge is 2.15. The van der Waals surface area contributed by atoms with Gasteiger partial charge in [0.25, 0.3) is 10.0 Å². The molecule has 2 N–H and O–H groups in total. The minimum absolute atomic E-state index is 0.0217. The minimum atomic E-state index is -3.76. The molecule has 24 heavy (non-hydrogen) atoms. The lowest BCUT2D eigenvalue weighted by molar-refractivity contribution is 0.598. The van der Waals surface area contributed by atoms with Crippen LogP contribution in [0.2, 0.25) is 0 Å². The summed E-state index contributed by atoms with van der Waals surface area (Å²) in [5, 5.41) is 7.02. The normalized spacial score (nSPS) is 11.5. The van der Waals surface area contributed by atoms with Crippen LogP contribution in [0.3, 0.4) is 0 Å². The van der Waals surface area contributed by atoms with E-state index in [-0.39, 0.29) is 10.5 Å². The topological polar surface area (TPSA) is 74.8 Å². The Hall–Kier alpha value is -2.67. The lowest BCUT2D eigenvalue weighted by atomic mass is 10.1. The number of anilines is 1. The minimum Gasteiger partial charge on any atom is -0.282 e. The number of benzene rings is 2. The van der Waals surface area contributed by atoms with E-state index >= 15 is 0 Å². The Morgan fingerprint density at radius 1 is 1.04 bits per heavy atom. The summed E-state index contributed by atoms with van der Waals surface area (Å²) in [5.74, 6) is -0.437. The smallest absolute Gasteiger partial charge is 0.261 e. The molecule has 124 valence electrons. The van der Waals surface area contributed by atoms with Gasteiger partial charge < -0.3 is 0 Å². The van der Waals surface area contributed by atoms with Crippen molar-refractivity contribution in [2.75, 3.05) is 4.72 Å². The molecule has 0 aliphatic heterocycles. The second-order valence-corrected chi connectivity index (χ2v) is 7.21. The van der Waals surface area contributed by atoms with Crippen LogP contribution in [-0.2, 0) is 10.0 Å². The number of aromatic amines is 1. The fourth-order valence-electron chi connectivity index (χ4n) is 2.27. The predicted molar refractivity (Wildman–Crippen MR) is 90.7 cm³/mol. The Morgan fingerprint density at radius 3 is 2.33 bits per heavy atom. The van der Waals surface area contributed by atoms with Crippen LogP contribution >= 0.6 is 0 Å². The summed E-state index contributed by atoms with van der Waals surface area (Å²) in [6.07, 6.45) is 0. The zero-order valence-corrected chi connectivity index (χ0v) is 14.0. The van der Waals surface area contributed by atoms with Gasteiger partial charge in [-0.05, 0) is 55.8 Å². The van der Waals surface area contributed by atoms with Gasteiger partial charge in [0.1, 0.15) is 5.82 Å². The van der Waals surface area contributed by atoms with E-state index in [1.165, 1.54) is 19.1 Å². The monoisotopic (exact) mass is 345 g/mol. The third kappa shape index (κ3) is 3.30. The first-order chi connectivity index (χ1) is 11.3. The van der Waals surface area contributed by atoms with Gasteiger partial charge in [-0.1, -0.05) is 12.1 Å². The number of sulfonamides is 1. The van der Waals surface area contributed by atoms with Crippen molar-refractivity contribution in [1.29, 1.82) is 0 Å². The lowest BCUT2D eigenvalue weighted by Crippen LogP contribution is -2.13. The third-order valence-corrected chi connectivity index (χ3v) is 4.96. The predicted octanol–water partition coefficient (Wildman–Crippen LogP) is 3.63. The van der Waals surface area contributed by atoms with E-state index in [1.54, 1.807) is 24.3 Å². The Labute approximate surface area is 139 Å². The van der Waals surface area contributed by atoms with Crippen LogP contribution in [0.15, 0.2) is 53.4 Å². The summed E-state index contributed by atoms with van der Waals surface area (Å²) in [6.45, 7) is 3.43. The van der Waals surface area contributed by atoms with Crippen LogP contribution < -0.4 is 4.72 Å². The molecule has 3 aromatic rings. The van der Waals surface area contributed by atoms with Crippen molar-refractivity contribution in [3.05, 3.63) is 65.6 Å². The number of aromatic nitrogens is 2. The maximum Gasteiger partial charge on any atom is 0.261 e. The molecular weight excluding hydrogens is 329 g/mol. The number of halogens is 1. The van der Waals surface area contributed by atoms with Gasteiger partial charge in [0.15, 0.2) is 0 Å². The second kappa shape index (κ2) is 6.09. The van der Waals surface area contributed by atoms with Gasteiger partial charge in [-0.25, -0.2) is 12.8 Å². The Morgan fingerprint density at radius 2 is 1.75 bits per heavy atom. The zero-order valence-electron chi connectivity index (χ0n) is 13.2. The average molecular weight is 345 g/mol. The van der Waals surface area contributed by atoms with Crippen molar-refractivity contribution in [2.45, 2.75) is 18.7 Å². The van der Waals surface area contributed by atoms with Gasteiger partial charge in [0, 0.05) is 16.9 Å².